The van der Waals surface area contributed by atoms with Gasteiger partial charge >= 0.3 is 0 Å². The van der Waals surface area contributed by atoms with Crippen molar-refractivity contribution in [2.24, 2.45) is 0 Å². The highest BCUT2D eigenvalue weighted by Gasteiger charge is 2.10. The van der Waals surface area contributed by atoms with E-state index in [1.54, 1.807) is 0 Å². The maximum Gasteiger partial charge on any atom is 0.224 e. The number of rotatable bonds is 5. The fourth-order valence-corrected chi connectivity index (χ4v) is 3.32. The molecule has 2 N–H and O–H groups in total. The largest absolute Gasteiger partial charge is 0.326 e. The maximum absolute atomic E-state index is 12.3. The molecule has 138 valence electrons. The van der Waals surface area contributed by atoms with Crippen LogP contribution in [0.25, 0.3) is 21.5 Å². The van der Waals surface area contributed by atoms with E-state index in [2.05, 4.69) is 10.6 Å². The molecule has 0 bridgehead atoms. The second kappa shape index (κ2) is 7.92. The Kier molecular flexibility index (Phi) is 5.02. The summed E-state index contributed by atoms with van der Waals surface area (Å²) in [5.74, 6) is -0.353. The molecule has 4 nitrogen and oxygen atoms in total. The van der Waals surface area contributed by atoms with Gasteiger partial charge in [0.1, 0.15) is 0 Å². The van der Waals surface area contributed by atoms with E-state index < -0.39 is 0 Å². The van der Waals surface area contributed by atoms with Crippen LogP contribution in [-0.4, -0.2) is 11.8 Å². The molecule has 0 aromatic heterocycles. The summed E-state index contributed by atoms with van der Waals surface area (Å²) in [6, 6.07) is 27.3. The lowest BCUT2D eigenvalue weighted by Gasteiger charge is -2.10. The van der Waals surface area contributed by atoms with E-state index in [4.69, 9.17) is 0 Å². The first-order valence-corrected chi connectivity index (χ1v) is 9.26. The summed E-state index contributed by atoms with van der Waals surface area (Å²) >= 11 is 0. The fourth-order valence-electron chi connectivity index (χ4n) is 3.32. The molecule has 0 saturated heterocycles. The number of hydrogen-bond acceptors (Lipinski definition) is 2. The third-order valence-corrected chi connectivity index (χ3v) is 4.71. The van der Waals surface area contributed by atoms with Crippen molar-refractivity contribution in [1.82, 2.24) is 0 Å². The van der Waals surface area contributed by atoms with Crippen LogP contribution in [0.5, 0.6) is 0 Å². The number of amides is 2. The molecule has 28 heavy (non-hydrogen) atoms. The van der Waals surface area contributed by atoms with E-state index in [-0.39, 0.29) is 24.7 Å². The van der Waals surface area contributed by atoms with Crippen LogP contribution < -0.4 is 10.6 Å². The number of fused-ring (bicyclic) bond motifs is 2. The van der Waals surface area contributed by atoms with Gasteiger partial charge in [-0.25, -0.2) is 0 Å². The number of nitrogens with one attached hydrogen (secondary N) is 2. The SMILES string of the molecule is O=C(CCC(=O)Nc1cccc2ccccc12)Nc1cccc2ccccc12. The molecule has 4 rings (SSSR count). The highest BCUT2D eigenvalue weighted by atomic mass is 16.2. The van der Waals surface area contributed by atoms with Crippen molar-refractivity contribution in [3.8, 4) is 0 Å². The molecule has 4 aromatic rings. The van der Waals surface area contributed by atoms with Gasteiger partial charge in [0.15, 0.2) is 0 Å². The Bertz CT molecular complexity index is 1060. The van der Waals surface area contributed by atoms with Gasteiger partial charge in [0.2, 0.25) is 11.8 Å². The zero-order chi connectivity index (χ0) is 19.3. The first kappa shape index (κ1) is 17.7. The van der Waals surface area contributed by atoms with Gasteiger partial charge in [-0.1, -0.05) is 72.8 Å². The summed E-state index contributed by atoms with van der Waals surface area (Å²) < 4.78 is 0. The summed E-state index contributed by atoms with van der Waals surface area (Å²) in [5.41, 5.74) is 1.52. The average molecular weight is 368 g/mol. The second-order valence-corrected chi connectivity index (χ2v) is 6.65. The summed E-state index contributed by atoms with van der Waals surface area (Å²) in [6.45, 7) is 0. The lowest BCUT2D eigenvalue weighted by atomic mass is 10.1. The van der Waals surface area contributed by atoms with Gasteiger partial charge in [0.05, 0.1) is 0 Å². The highest BCUT2D eigenvalue weighted by Crippen LogP contribution is 2.24. The third kappa shape index (κ3) is 3.86. The smallest absolute Gasteiger partial charge is 0.224 e. The van der Waals surface area contributed by atoms with Crippen molar-refractivity contribution in [2.75, 3.05) is 10.6 Å². The second-order valence-electron chi connectivity index (χ2n) is 6.65. The lowest BCUT2D eigenvalue weighted by Crippen LogP contribution is -2.17. The third-order valence-electron chi connectivity index (χ3n) is 4.71. The molecule has 2 amide bonds. The van der Waals surface area contributed by atoms with Gasteiger partial charge in [0, 0.05) is 35.0 Å². The monoisotopic (exact) mass is 368 g/mol. The van der Waals surface area contributed by atoms with E-state index in [1.165, 1.54) is 0 Å². The summed E-state index contributed by atoms with van der Waals surface area (Å²) in [4.78, 5) is 24.7. The number of benzene rings is 4. The summed E-state index contributed by atoms with van der Waals surface area (Å²) in [7, 11) is 0. The topological polar surface area (TPSA) is 58.2 Å². The number of anilines is 2. The Morgan fingerprint density at radius 1 is 0.536 bits per heavy atom. The molecule has 0 unspecified atom stereocenters. The van der Waals surface area contributed by atoms with Crippen LogP contribution in [0.15, 0.2) is 84.9 Å². The van der Waals surface area contributed by atoms with Crippen molar-refractivity contribution >= 4 is 44.7 Å². The maximum atomic E-state index is 12.3. The lowest BCUT2D eigenvalue weighted by molar-refractivity contribution is -0.121. The molecule has 0 aliphatic carbocycles. The normalized spacial score (nSPS) is 10.7. The molecule has 0 aliphatic rings. The molecule has 0 fully saturated rings. The Labute approximate surface area is 163 Å². The number of carbonyl (C=O) groups excluding carboxylic acids is 2. The van der Waals surface area contributed by atoms with Gasteiger partial charge < -0.3 is 10.6 Å². The van der Waals surface area contributed by atoms with Gasteiger partial charge in [-0.15, -0.1) is 0 Å². The van der Waals surface area contributed by atoms with E-state index >= 15 is 0 Å². The quantitative estimate of drug-likeness (QED) is 0.499. The highest BCUT2D eigenvalue weighted by molar-refractivity contribution is 6.05. The molecule has 0 atom stereocenters. The van der Waals surface area contributed by atoms with E-state index in [0.717, 1.165) is 32.9 Å². The number of hydrogen-bond donors (Lipinski definition) is 2. The van der Waals surface area contributed by atoms with E-state index in [9.17, 15) is 9.59 Å². The summed E-state index contributed by atoms with van der Waals surface area (Å²) in [5, 5.41) is 9.93. The van der Waals surface area contributed by atoms with Crippen LogP contribution >= 0.6 is 0 Å². The fraction of sp³-hybridized carbons (Fsp3) is 0.0833. The molecule has 4 aromatic carbocycles. The zero-order valence-electron chi connectivity index (χ0n) is 15.3. The molecule has 0 radical (unpaired) electrons. The molecule has 0 heterocycles. The Morgan fingerprint density at radius 3 is 1.39 bits per heavy atom. The van der Waals surface area contributed by atoms with Gasteiger partial charge in [-0.05, 0) is 22.9 Å². The minimum Gasteiger partial charge on any atom is -0.326 e. The van der Waals surface area contributed by atoms with Crippen LogP contribution in [0.2, 0.25) is 0 Å². The predicted molar refractivity (Wildman–Crippen MR) is 114 cm³/mol. The summed E-state index contributed by atoms with van der Waals surface area (Å²) in [6.07, 6.45) is 0.250. The van der Waals surface area contributed by atoms with E-state index in [0.29, 0.717) is 0 Å². The van der Waals surface area contributed by atoms with E-state index in [1.807, 2.05) is 84.9 Å². The molecular formula is C24H20N2O2. The Morgan fingerprint density at radius 2 is 0.929 bits per heavy atom. The molecular weight excluding hydrogens is 348 g/mol. The van der Waals surface area contributed by atoms with Gasteiger partial charge in [-0.3, -0.25) is 9.59 Å². The first-order valence-electron chi connectivity index (χ1n) is 9.26. The average Bonchev–Trinajstić information content (AvgIpc) is 2.73. The van der Waals surface area contributed by atoms with Crippen molar-refractivity contribution in [1.29, 1.82) is 0 Å². The number of carbonyl (C=O) groups is 2. The Hall–Kier alpha value is -3.66. The van der Waals surface area contributed by atoms with Crippen molar-refractivity contribution in [3.05, 3.63) is 84.9 Å². The van der Waals surface area contributed by atoms with Crippen LogP contribution in [0.1, 0.15) is 12.8 Å². The predicted octanol–water partition coefficient (Wildman–Crippen LogP) is 5.35. The first-order chi connectivity index (χ1) is 13.7. The van der Waals surface area contributed by atoms with Crippen LogP contribution in [0.4, 0.5) is 11.4 Å². The van der Waals surface area contributed by atoms with Crippen molar-refractivity contribution < 1.29 is 9.59 Å². The van der Waals surface area contributed by atoms with Crippen molar-refractivity contribution in [3.63, 3.8) is 0 Å². The molecule has 4 heteroatoms. The molecule has 0 spiro atoms. The molecule has 0 saturated carbocycles. The van der Waals surface area contributed by atoms with Crippen molar-refractivity contribution in [2.45, 2.75) is 12.8 Å². The minimum absolute atomic E-state index is 0.125. The van der Waals surface area contributed by atoms with Crippen LogP contribution in [0.3, 0.4) is 0 Å². The van der Waals surface area contributed by atoms with Crippen LogP contribution in [0, 0.1) is 0 Å². The molecule has 0 aliphatic heterocycles. The van der Waals surface area contributed by atoms with Crippen LogP contribution in [-0.2, 0) is 9.59 Å². The van der Waals surface area contributed by atoms with Gasteiger partial charge in [0.25, 0.3) is 0 Å². The standard InChI is InChI=1S/C24H20N2O2/c27-23(25-21-13-5-9-17-7-1-3-11-19(17)21)15-16-24(28)26-22-14-6-10-18-8-2-4-12-20(18)22/h1-14H,15-16H2,(H,25,27)(H,26,28). The van der Waals surface area contributed by atoms with Gasteiger partial charge in [-0.2, -0.15) is 0 Å². The minimum atomic E-state index is -0.176. The Balaban J connectivity index is 1.38. The zero-order valence-corrected chi connectivity index (χ0v) is 15.3.